The molecule has 7 heteroatoms. The fourth-order valence-corrected chi connectivity index (χ4v) is 2.49. The summed E-state index contributed by atoms with van der Waals surface area (Å²) in [5.74, 6) is -2.80. The third kappa shape index (κ3) is 2.80. The number of benzene rings is 2. The summed E-state index contributed by atoms with van der Waals surface area (Å²) in [5, 5.41) is 0. The van der Waals surface area contributed by atoms with Gasteiger partial charge in [-0.1, -0.05) is 12.1 Å². The maximum absolute atomic E-state index is 13.9. The number of rotatable bonds is 2. The minimum Gasteiger partial charge on any atom is -0.475 e. The van der Waals surface area contributed by atoms with Crippen LogP contribution in [0.25, 0.3) is 0 Å². The highest BCUT2D eigenvalue weighted by atomic mass is 19.1. The standard InChI is InChI=1S/C17H13F2NO4/c1-23-17(22)15-9-20(13-4-2-3-5-14(13)24-15)16(21)11-7-6-10(18)8-12(11)19/h2-8,15H,9H2,1H3. The number of nitrogens with zero attached hydrogens (tertiary/aromatic N) is 1. The number of hydrogen-bond acceptors (Lipinski definition) is 4. The van der Waals surface area contributed by atoms with Crippen molar-refractivity contribution >= 4 is 17.6 Å². The highest BCUT2D eigenvalue weighted by Crippen LogP contribution is 2.34. The zero-order chi connectivity index (χ0) is 17.3. The largest absolute Gasteiger partial charge is 0.475 e. The summed E-state index contributed by atoms with van der Waals surface area (Å²) < 4.78 is 37.2. The minimum absolute atomic E-state index is 0.140. The summed E-state index contributed by atoms with van der Waals surface area (Å²) in [6, 6.07) is 9.27. The maximum atomic E-state index is 13.9. The van der Waals surface area contributed by atoms with Crippen LogP contribution in [0.4, 0.5) is 14.5 Å². The van der Waals surface area contributed by atoms with Gasteiger partial charge in [-0.25, -0.2) is 13.6 Å². The van der Waals surface area contributed by atoms with Crippen molar-refractivity contribution in [2.75, 3.05) is 18.6 Å². The van der Waals surface area contributed by atoms with Gasteiger partial charge in [0.15, 0.2) is 0 Å². The molecule has 0 spiro atoms. The normalized spacial score (nSPS) is 16.1. The average Bonchev–Trinajstić information content (AvgIpc) is 2.59. The van der Waals surface area contributed by atoms with Gasteiger partial charge in [-0.05, 0) is 24.3 Å². The lowest BCUT2D eigenvalue weighted by Gasteiger charge is -2.33. The number of esters is 1. The molecular formula is C17H13F2NO4. The molecule has 1 aliphatic heterocycles. The number of carbonyl (C=O) groups excluding carboxylic acids is 2. The SMILES string of the molecule is COC(=O)C1CN(C(=O)c2ccc(F)cc2F)c2ccccc2O1. The molecule has 0 N–H and O–H groups in total. The van der Waals surface area contributed by atoms with E-state index in [1.807, 2.05) is 0 Å². The van der Waals surface area contributed by atoms with Crippen LogP contribution in [0, 0.1) is 11.6 Å². The third-order valence-electron chi connectivity index (χ3n) is 3.64. The molecule has 0 radical (unpaired) electrons. The number of ether oxygens (including phenoxy) is 2. The number of amides is 1. The number of anilines is 1. The van der Waals surface area contributed by atoms with E-state index in [2.05, 4.69) is 4.74 Å². The van der Waals surface area contributed by atoms with Gasteiger partial charge in [0.2, 0.25) is 6.10 Å². The lowest BCUT2D eigenvalue weighted by Crippen LogP contribution is -2.47. The molecule has 0 saturated heterocycles. The molecule has 1 amide bonds. The summed E-state index contributed by atoms with van der Waals surface area (Å²) in [6.45, 7) is -0.140. The van der Waals surface area contributed by atoms with E-state index in [-0.39, 0.29) is 12.1 Å². The van der Waals surface area contributed by atoms with Gasteiger partial charge >= 0.3 is 5.97 Å². The molecule has 3 rings (SSSR count). The van der Waals surface area contributed by atoms with E-state index in [4.69, 9.17) is 4.74 Å². The molecule has 0 bridgehead atoms. The molecule has 2 aromatic carbocycles. The van der Waals surface area contributed by atoms with Crippen LogP contribution < -0.4 is 9.64 Å². The quantitative estimate of drug-likeness (QED) is 0.793. The molecule has 1 aliphatic rings. The zero-order valence-electron chi connectivity index (χ0n) is 12.7. The van der Waals surface area contributed by atoms with Gasteiger partial charge in [0.1, 0.15) is 17.4 Å². The van der Waals surface area contributed by atoms with Crippen LogP contribution >= 0.6 is 0 Å². The van der Waals surface area contributed by atoms with Gasteiger partial charge in [0, 0.05) is 6.07 Å². The molecular weight excluding hydrogens is 320 g/mol. The second-order valence-corrected chi connectivity index (χ2v) is 5.14. The molecule has 0 saturated carbocycles. The Balaban J connectivity index is 2.01. The Morgan fingerprint density at radius 3 is 2.67 bits per heavy atom. The van der Waals surface area contributed by atoms with Crippen LogP contribution in [-0.2, 0) is 9.53 Å². The van der Waals surface area contributed by atoms with Crippen molar-refractivity contribution in [2.24, 2.45) is 0 Å². The van der Waals surface area contributed by atoms with Gasteiger partial charge in [-0.2, -0.15) is 0 Å². The summed E-state index contributed by atoms with van der Waals surface area (Å²) >= 11 is 0. The molecule has 2 aromatic rings. The van der Waals surface area contributed by atoms with E-state index >= 15 is 0 Å². The van der Waals surface area contributed by atoms with Gasteiger partial charge in [-0.15, -0.1) is 0 Å². The molecule has 5 nitrogen and oxygen atoms in total. The number of carbonyl (C=O) groups is 2. The second-order valence-electron chi connectivity index (χ2n) is 5.14. The predicted octanol–water partition coefficient (Wildman–Crippen LogP) is 2.55. The topological polar surface area (TPSA) is 55.8 Å². The first kappa shape index (κ1) is 15.9. The third-order valence-corrected chi connectivity index (χ3v) is 3.64. The Kier molecular flexibility index (Phi) is 4.16. The van der Waals surface area contributed by atoms with E-state index in [1.54, 1.807) is 24.3 Å². The van der Waals surface area contributed by atoms with Crippen LogP contribution in [0.15, 0.2) is 42.5 Å². The van der Waals surface area contributed by atoms with Gasteiger partial charge in [-0.3, -0.25) is 4.79 Å². The first-order valence-electron chi connectivity index (χ1n) is 7.11. The van der Waals surface area contributed by atoms with Crippen molar-refractivity contribution in [3.63, 3.8) is 0 Å². The summed E-state index contributed by atoms with van der Waals surface area (Å²) in [5.41, 5.74) is 0.100. The number of fused-ring (bicyclic) bond motifs is 1. The van der Waals surface area contributed by atoms with E-state index in [0.717, 1.165) is 12.1 Å². The van der Waals surface area contributed by atoms with Gasteiger partial charge in [0.05, 0.1) is 24.9 Å². The molecule has 24 heavy (non-hydrogen) atoms. The lowest BCUT2D eigenvalue weighted by molar-refractivity contribution is -0.148. The van der Waals surface area contributed by atoms with E-state index in [9.17, 15) is 18.4 Å². The summed E-state index contributed by atoms with van der Waals surface area (Å²) in [7, 11) is 1.21. The van der Waals surface area contributed by atoms with Crippen LogP contribution in [0.5, 0.6) is 5.75 Å². The summed E-state index contributed by atoms with van der Waals surface area (Å²) in [6.07, 6.45) is -1.03. The zero-order valence-corrected chi connectivity index (χ0v) is 12.7. The Bertz CT molecular complexity index is 809. The molecule has 0 aromatic heterocycles. The van der Waals surface area contributed by atoms with Crippen molar-refractivity contribution in [1.29, 1.82) is 0 Å². The van der Waals surface area contributed by atoms with Crippen LogP contribution in [0.3, 0.4) is 0 Å². The fraction of sp³-hybridized carbons (Fsp3) is 0.176. The van der Waals surface area contributed by atoms with Crippen molar-refractivity contribution < 1.29 is 27.8 Å². The number of hydrogen-bond donors (Lipinski definition) is 0. The van der Waals surface area contributed by atoms with Crippen LogP contribution in [0.2, 0.25) is 0 Å². The Morgan fingerprint density at radius 1 is 1.21 bits per heavy atom. The van der Waals surface area contributed by atoms with Crippen LogP contribution in [-0.4, -0.2) is 31.6 Å². The molecule has 0 fully saturated rings. The maximum Gasteiger partial charge on any atom is 0.348 e. The van der Waals surface area contributed by atoms with E-state index in [0.29, 0.717) is 17.5 Å². The Hall–Kier alpha value is -2.96. The van der Waals surface area contributed by atoms with Crippen molar-refractivity contribution in [3.05, 3.63) is 59.7 Å². The fourth-order valence-electron chi connectivity index (χ4n) is 2.49. The second kappa shape index (κ2) is 6.27. The summed E-state index contributed by atoms with van der Waals surface area (Å²) in [4.78, 5) is 25.7. The van der Waals surface area contributed by atoms with Gasteiger partial charge in [0.25, 0.3) is 5.91 Å². The highest BCUT2D eigenvalue weighted by Gasteiger charge is 2.35. The Morgan fingerprint density at radius 2 is 1.96 bits per heavy atom. The lowest BCUT2D eigenvalue weighted by atomic mass is 10.1. The van der Waals surface area contributed by atoms with Gasteiger partial charge < -0.3 is 14.4 Å². The molecule has 1 heterocycles. The van der Waals surface area contributed by atoms with E-state index < -0.39 is 29.6 Å². The Labute approximate surface area is 136 Å². The molecule has 0 aliphatic carbocycles. The first-order chi connectivity index (χ1) is 11.5. The predicted molar refractivity (Wildman–Crippen MR) is 80.9 cm³/mol. The van der Waals surface area contributed by atoms with Crippen molar-refractivity contribution in [2.45, 2.75) is 6.10 Å². The van der Waals surface area contributed by atoms with E-state index in [1.165, 1.54) is 12.0 Å². The molecule has 1 unspecified atom stereocenters. The number of methoxy groups -OCH3 is 1. The van der Waals surface area contributed by atoms with Crippen molar-refractivity contribution in [3.8, 4) is 5.75 Å². The number of para-hydroxylation sites is 2. The van der Waals surface area contributed by atoms with Crippen molar-refractivity contribution in [1.82, 2.24) is 0 Å². The molecule has 124 valence electrons. The molecule has 1 atom stereocenters. The smallest absolute Gasteiger partial charge is 0.348 e. The van der Waals surface area contributed by atoms with Crippen LogP contribution in [0.1, 0.15) is 10.4 Å². The minimum atomic E-state index is -1.03. The highest BCUT2D eigenvalue weighted by molar-refractivity contribution is 6.07. The average molecular weight is 333 g/mol. The first-order valence-corrected chi connectivity index (χ1v) is 7.11. The number of halogens is 2. The monoisotopic (exact) mass is 333 g/mol.